The molecule has 0 unspecified atom stereocenters. The van der Waals surface area contributed by atoms with E-state index < -0.39 is 23.2 Å². The fourth-order valence-electron chi connectivity index (χ4n) is 2.67. The first-order valence-corrected chi connectivity index (χ1v) is 8.64. The van der Waals surface area contributed by atoms with Gasteiger partial charge in [0, 0.05) is 18.4 Å². The van der Waals surface area contributed by atoms with E-state index in [1.54, 1.807) is 12.1 Å². The van der Waals surface area contributed by atoms with Gasteiger partial charge in [0.15, 0.2) is 0 Å². The minimum Gasteiger partial charge on any atom is -0.365 e. The quantitative estimate of drug-likeness (QED) is 0.578. The first-order chi connectivity index (χ1) is 14.3. The number of nitriles is 1. The molecule has 0 radical (unpaired) electrons. The van der Waals surface area contributed by atoms with Crippen LogP contribution in [0.15, 0.2) is 60.8 Å². The summed E-state index contributed by atoms with van der Waals surface area (Å²) < 4.78 is 52.4. The van der Waals surface area contributed by atoms with E-state index in [-0.39, 0.29) is 29.4 Å². The van der Waals surface area contributed by atoms with Gasteiger partial charge in [-0.1, -0.05) is 12.1 Å². The number of pyridine rings is 1. The van der Waals surface area contributed by atoms with Gasteiger partial charge in [0.1, 0.15) is 11.6 Å². The van der Waals surface area contributed by atoms with Gasteiger partial charge in [-0.15, -0.1) is 0 Å². The molecule has 0 aliphatic carbocycles. The predicted molar refractivity (Wildman–Crippen MR) is 102 cm³/mol. The molecule has 1 aromatic heterocycles. The third-order valence-corrected chi connectivity index (χ3v) is 4.13. The number of halogens is 4. The Kier molecular flexibility index (Phi) is 5.97. The molecule has 30 heavy (non-hydrogen) atoms. The number of carbonyl (C=O) groups is 1. The average molecular weight is 414 g/mol. The summed E-state index contributed by atoms with van der Waals surface area (Å²) in [6.45, 7) is 0.257. The Morgan fingerprint density at radius 2 is 1.83 bits per heavy atom. The summed E-state index contributed by atoms with van der Waals surface area (Å²) in [5.41, 5.74) is -0.931. The van der Waals surface area contributed by atoms with Gasteiger partial charge < -0.3 is 10.6 Å². The molecule has 1 heterocycles. The normalized spacial score (nSPS) is 10.9. The van der Waals surface area contributed by atoms with Crippen LogP contribution in [0.5, 0.6) is 0 Å². The smallest absolute Gasteiger partial charge is 0.365 e. The molecule has 1 amide bonds. The van der Waals surface area contributed by atoms with Crippen LogP contribution in [0.2, 0.25) is 0 Å². The molecule has 0 atom stereocenters. The third kappa shape index (κ3) is 4.91. The van der Waals surface area contributed by atoms with Crippen LogP contribution in [0.4, 0.5) is 29.1 Å². The molecule has 5 nitrogen and oxygen atoms in total. The lowest BCUT2D eigenvalue weighted by atomic mass is 10.1. The van der Waals surface area contributed by atoms with Crippen LogP contribution < -0.4 is 10.6 Å². The number of rotatable bonds is 5. The van der Waals surface area contributed by atoms with Gasteiger partial charge >= 0.3 is 6.18 Å². The van der Waals surface area contributed by atoms with Gasteiger partial charge in [-0.05, 0) is 48.0 Å². The number of carbonyl (C=O) groups excluding carboxylic acids is 1. The largest absolute Gasteiger partial charge is 0.417 e. The molecule has 0 fully saturated rings. The second-order valence-electron chi connectivity index (χ2n) is 6.20. The monoisotopic (exact) mass is 414 g/mol. The number of nitrogens with zero attached hydrogens (tertiary/aromatic N) is 2. The lowest BCUT2D eigenvalue weighted by molar-refractivity contribution is -0.137. The van der Waals surface area contributed by atoms with E-state index in [4.69, 9.17) is 5.26 Å². The number of aromatic nitrogens is 1. The highest BCUT2D eigenvalue weighted by Gasteiger charge is 2.34. The number of alkyl halides is 3. The molecule has 152 valence electrons. The van der Waals surface area contributed by atoms with E-state index in [0.717, 1.165) is 11.6 Å². The molecule has 0 bridgehead atoms. The first kappa shape index (κ1) is 20.8. The van der Waals surface area contributed by atoms with Crippen LogP contribution in [-0.4, -0.2) is 10.9 Å². The van der Waals surface area contributed by atoms with Crippen molar-refractivity contribution in [2.45, 2.75) is 12.7 Å². The van der Waals surface area contributed by atoms with E-state index in [1.807, 2.05) is 0 Å². The van der Waals surface area contributed by atoms with Crippen molar-refractivity contribution in [2.24, 2.45) is 0 Å². The fraction of sp³-hybridized carbons (Fsp3) is 0.0952. The van der Waals surface area contributed by atoms with Crippen molar-refractivity contribution in [1.29, 1.82) is 5.26 Å². The maximum Gasteiger partial charge on any atom is 0.417 e. The number of benzene rings is 2. The predicted octanol–water partition coefficient (Wildman–Crippen LogP) is 4.98. The Bertz CT molecular complexity index is 1110. The molecule has 0 aliphatic heterocycles. The lowest BCUT2D eigenvalue weighted by Crippen LogP contribution is -2.17. The zero-order valence-corrected chi connectivity index (χ0v) is 15.3. The number of hydrogen-bond donors (Lipinski definition) is 2. The van der Waals surface area contributed by atoms with E-state index >= 15 is 0 Å². The highest BCUT2D eigenvalue weighted by Crippen LogP contribution is 2.33. The standard InChI is InChI=1S/C21H14F4N4O/c22-15-6-3-13(4-7-15)12-28-19-17(2-1-9-27-19)20(30)29-16-8-5-14(11-26)18(10-16)21(23,24)25/h1-10H,12H2,(H,27,28)(H,29,30). The zero-order chi connectivity index (χ0) is 21.7. The topological polar surface area (TPSA) is 77.8 Å². The van der Waals surface area contributed by atoms with Crippen molar-refractivity contribution in [3.05, 3.63) is 88.9 Å². The maximum absolute atomic E-state index is 13.1. The van der Waals surface area contributed by atoms with Crippen LogP contribution >= 0.6 is 0 Å². The minimum atomic E-state index is -4.73. The maximum atomic E-state index is 13.1. The van der Waals surface area contributed by atoms with Crippen LogP contribution in [0, 0.1) is 17.1 Å². The first-order valence-electron chi connectivity index (χ1n) is 8.64. The van der Waals surface area contributed by atoms with Crippen molar-refractivity contribution in [3.63, 3.8) is 0 Å². The Morgan fingerprint density at radius 3 is 2.50 bits per heavy atom. The van der Waals surface area contributed by atoms with Gasteiger partial charge in [0.25, 0.3) is 5.91 Å². The highest BCUT2D eigenvalue weighted by atomic mass is 19.4. The van der Waals surface area contributed by atoms with Gasteiger partial charge in [0.05, 0.1) is 22.8 Å². The molecular formula is C21H14F4N4O. The fourth-order valence-corrected chi connectivity index (χ4v) is 2.67. The molecule has 2 aromatic carbocycles. The Labute approximate surface area is 169 Å². The summed E-state index contributed by atoms with van der Waals surface area (Å²) in [7, 11) is 0. The summed E-state index contributed by atoms with van der Waals surface area (Å²) in [5, 5.41) is 14.2. The summed E-state index contributed by atoms with van der Waals surface area (Å²) in [4.78, 5) is 16.7. The molecule has 0 aliphatic rings. The average Bonchev–Trinajstić information content (AvgIpc) is 2.73. The summed E-state index contributed by atoms with van der Waals surface area (Å²) in [6, 6.07) is 13.1. The van der Waals surface area contributed by atoms with Gasteiger partial charge in [0.2, 0.25) is 0 Å². The lowest BCUT2D eigenvalue weighted by Gasteiger charge is -2.13. The van der Waals surface area contributed by atoms with Crippen molar-refractivity contribution >= 4 is 17.4 Å². The molecular weight excluding hydrogens is 400 g/mol. The van der Waals surface area contributed by atoms with Crippen LogP contribution in [0.1, 0.15) is 27.0 Å². The Balaban J connectivity index is 1.79. The molecule has 0 saturated carbocycles. The number of nitrogens with one attached hydrogen (secondary N) is 2. The minimum absolute atomic E-state index is 0.109. The van der Waals surface area contributed by atoms with Crippen molar-refractivity contribution in [3.8, 4) is 6.07 Å². The van der Waals surface area contributed by atoms with Crippen molar-refractivity contribution in [2.75, 3.05) is 10.6 Å². The van der Waals surface area contributed by atoms with Crippen LogP contribution in [0.25, 0.3) is 0 Å². The highest BCUT2D eigenvalue weighted by molar-refractivity contribution is 6.07. The molecule has 9 heteroatoms. The van der Waals surface area contributed by atoms with Crippen molar-refractivity contribution < 1.29 is 22.4 Å². The molecule has 2 N–H and O–H groups in total. The summed E-state index contributed by atoms with van der Waals surface area (Å²) in [5.74, 6) is -0.844. The van der Waals surface area contributed by atoms with Gasteiger partial charge in [-0.25, -0.2) is 9.37 Å². The second-order valence-corrected chi connectivity index (χ2v) is 6.20. The van der Waals surface area contributed by atoms with Crippen molar-refractivity contribution in [1.82, 2.24) is 4.98 Å². The Hall–Kier alpha value is -3.93. The summed E-state index contributed by atoms with van der Waals surface area (Å²) >= 11 is 0. The molecule has 0 saturated heterocycles. The number of anilines is 2. The van der Waals surface area contributed by atoms with Gasteiger partial charge in [-0.3, -0.25) is 4.79 Å². The molecule has 0 spiro atoms. The molecule has 3 rings (SSSR count). The summed E-state index contributed by atoms with van der Waals surface area (Å²) in [6.07, 6.45) is -3.28. The van der Waals surface area contributed by atoms with E-state index in [9.17, 15) is 22.4 Å². The van der Waals surface area contributed by atoms with E-state index in [2.05, 4.69) is 15.6 Å². The Morgan fingerprint density at radius 1 is 1.10 bits per heavy atom. The second kappa shape index (κ2) is 8.61. The van der Waals surface area contributed by atoms with E-state index in [0.29, 0.717) is 6.07 Å². The van der Waals surface area contributed by atoms with Crippen LogP contribution in [0.3, 0.4) is 0 Å². The number of amides is 1. The third-order valence-electron chi connectivity index (χ3n) is 4.13. The molecule has 3 aromatic rings. The number of hydrogen-bond acceptors (Lipinski definition) is 4. The zero-order valence-electron chi connectivity index (χ0n) is 15.3. The SMILES string of the molecule is N#Cc1ccc(NC(=O)c2cccnc2NCc2ccc(F)cc2)cc1C(F)(F)F. The van der Waals surface area contributed by atoms with E-state index in [1.165, 1.54) is 42.6 Å². The van der Waals surface area contributed by atoms with Crippen LogP contribution in [-0.2, 0) is 12.7 Å². The van der Waals surface area contributed by atoms with Gasteiger partial charge in [-0.2, -0.15) is 18.4 Å².